The van der Waals surface area contributed by atoms with Crippen LogP contribution in [-0.2, 0) is 0 Å². The van der Waals surface area contributed by atoms with Crippen molar-refractivity contribution in [1.29, 1.82) is 0 Å². The van der Waals surface area contributed by atoms with Crippen LogP contribution in [-0.4, -0.2) is 27.9 Å². The zero-order valence-electron chi connectivity index (χ0n) is 9.58. The maximum atomic E-state index is 11.1. The molecule has 94 valence electrons. The molecule has 0 fully saturated rings. The molecular formula is C14H13BrO3. The Morgan fingerprint density at radius 2 is 1.89 bits per heavy atom. The SMILES string of the molecule is O=Cc1ccc2ccccc2c1C(O)C(O)CBr. The van der Waals surface area contributed by atoms with Crippen molar-refractivity contribution in [2.75, 3.05) is 5.33 Å². The minimum absolute atomic E-state index is 0.246. The van der Waals surface area contributed by atoms with Crippen LogP contribution >= 0.6 is 15.9 Å². The van der Waals surface area contributed by atoms with Gasteiger partial charge >= 0.3 is 0 Å². The molecule has 2 unspecified atom stereocenters. The van der Waals surface area contributed by atoms with Gasteiger partial charge in [-0.1, -0.05) is 52.3 Å². The second-order valence-corrected chi connectivity index (χ2v) is 4.72. The van der Waals surface area contributed by atoms with Crippen molar-refractivity contribution in [3.8, 4) is 0 Å². The zero-order valence-corrected chi connectivity index (χ0v) is 11.2. The van der Waals surface area contributed by atoms with Crippen molar-refractivity contribution >= 4 is 33.0 Å². The third kappa shape index (κ3) is 2.32. The molecule has 18 heavy (non-hydrogen) atoms. The van der Waals surface area contributed by atoms with E-state index in [0.29, 0.717) is 17.4 Å². The molecule has 0 saturated carbocycles. The predicted octanol–water partition coefficient (Wildman–Crippen LogP) is 2.44. The van der Waals surface area contributed by atoms with Crippen molar-refractivity contribution in [1.82, 2.24) is 0 Å². The molecule has 0 saturated heterocycles. The fourth-order valence-corrected chi connectivity index (χ4v) is 2.38. The van der Waals surface area contributed by atoms with Crippen molar-refractivity contribution in [2.45, 2.75) is 12.2 Å². The monoisotopic (exact) mass is 308 g/mol. The number of hydrogen-bond acceptors (Lipinski definition) is 3. The number of benzene rings is 2. The van der Waals surface area contributed by atoms with E-state index in [2.05, 4.69) is 15.9 Å². The molecule has 0 aliphatic carbocycles. The molecular weight excluding hydrogens is 296 g/mol. The van der Waals surface area contributed by atoms with Gasteiger partial charge in [0.05, 0.1) is 6.10 Å². The van der Waals surface area contributed by atoms with Gasteiger partial charge in [0, 0.05) is 16.5 Å². The first kappa shape index (κ1) is 13.2. The Bertz CT molecular complexity index is 568. The van der Waals surface area contributed by atoms with E-state index < -0.39 is 12.2 Å². The number of aldehydes is 1. The molecule has 0 amide bonds. The van der Waals surface area contributed by atoms with Crippen LogP contribution in [0.25, 0.3) is 10.8 Å². The molecule has 0 spiro atoms. The van der Waals surface area contributed by atoms with E-state index >= 15 is 0 Å². The molecule has 0 heterocycles. The second-order valence-electron chi connectivity index (χ2n) is 4.07. The highest BCUT2D eigenvalue weighted by molar-refractivity contribution is 9.09. The highest BCUT2D eigenvalue weighted by Crippen LogP contribution is 2.29. The van der Waals surface area contributed by atoms with Crippen LogP contribution in [0.1, 0.15) is 22.0 Å². The number of carbonyl (C=O) groups excluding carboxylic acids is 1. The first-order valence-electron chi connectivity index (χ1n) is 5.58. The zero-order chi connectivity index (χ0) is 13.1. The molecule has 0 bridgehead atoms. The molecule has 3 nitrogen and oxygen atoms in total. The number of hydrogen-bond donors (Lipinski definition) is 2. The van der Waals surface area contributed by atoms with Crippen molar-refractivity contribution in [3.05, 3.63) is 47.5 Å². The van der Waals surface area contributed by atoms with E-state index in [9.17, 15) is 15.0 Å². The largest absolute Gasteiger partial charge is 0.389 e. The maximum absolute atomic E-state index is 11.1. The van der Waals surface area contributed by atoms with E-state index in [-0.39, 0.29) is 5.33 Å². The van der Waals surface area contributed by atoms with Gasteiger partial charge in [-0.3, -0.25) is 4.79 Å². The third-order valence-corrected chi connectivity index (χ3v) is 3.61. The van der Waals surface area contributed by atoms with Gasteiger partial charge in [0.15, 0.2) is 0 Å². The summed E-state index contributed by atoms with van der Waals surface area (Å²) in [7, 11) is 0. The van der Waals surface area contributed by atoms with Gasteiger partial charge < -0.3 is 10.2 Å². The number of fused-ring (bicyclic) bond motifs is 1. The first-order valence-corrected chi connectivity index (χ1v) is 6.70. The van der Waals surface area contributed by atoms with Gasteiger partial charge in [-0.05, 0) is 10.8 Å². The third-order valence-electron chi connectivity index (χ3n) is 2.95. The fourth-order valence-electron chi connectivity index (χ4n) is 2.02. The molecule has 2 rings (SSSR count). The molecule has 4 heteroatoms. The van der Waals surface area contributed by atoms with Crippen LogP contribution in [0.5, 0.6) is 0 Å². The van der Waals surface area contributed by atoms with Crippen molar-refractivity contribution in [2.24, 2.45) is 0 Å². The Labute approximate surface area is 113 Å². The van der Waals surface area contributed by atoms with Gasteiger partial charge in [0.2, 0.25) is 0 Å². The predicted molar refractivity (Wildman–Crippen MR) is 74.1 cm³/mol. The lowest BCUT2D eigenvalue weighted by Gasteiger charge is -2.19. The molecule has 0 aliphatic heterocycles. The van der Waals surface area contributed by atoms with Crippen LogP contribution in [0.15, 0.2) is 36.4 Å². The summed E-state index contributed by atoms with van der Waals surface area (Å²) < 4.78 is 0. The first-order chi connectivity index (χ1) is 8.69. The Hall–Kier alpha value is -1.23. The summed E-state index contributed by atoms with van der Waals surface area (Å²) >= 11 is 3.12. The molecule has 2 N–H and O–H groups in total. The standard InChI is InChI=1S/C14H13BrO3/c15-7-12(17)14(18)13-10(8-16)6-5-9-3-1-2-4-11(9)13/h1-6,8,12,14,17-18H,7H2. The topological polar surface area (TPSA) is 57.5 Å². The van der Waals surface area contributed by atoms with Crippen molar-refractivity contribution in [3.63, 3.8) is 0 Å². The van der Waals surface area contributed by atoms with Gasteiger partial charge in [0.1, 0.15) is 12.4 Å². The number of alkyl halides is 1. The number of halogens is 1. The maximum Gasteiger partial charge on any atom is 0.150 e. The molecule has 2 aromatic carbocycles. The summed E-state index contributed by atoms with van der Waals surface area (Å²) in [6.07, 6.45) is -1.34. The second kappa shape index (κ2) is 5.61. The Kier molecular flexibility index (Phi) is 4.11. The minimum Gasteiger partial charge on any atom is -0.389 e. The van der Waals surface area contributed by atoms with E-state index in [1.807, 2.05) is 30.3 Å². The average molecular weight is 309 g/mol. The number of carbonyl (C=O) groups is 1. The summed E-state index contributed by atoms with van der Waals surface area (Å²) in [4.78, 5) is 11.1. The van der Waals surface area contributed by atoms with Crippen LogP contribution in [0.2, 0.25) is 0 Å². The van der Waals surface area contributed by atoms with Gasteiger partial charge in [-0.15, -0.1) is 0 Å². The Morgan fingerprint density at radius 3 is 2.56 bits per heavy atom. The molecule has 2 atom stereocenters. The highest BCUT2D eigenvalue weighted by atomic mass is 79.9. The molecule has 0 radical (unpaired) electrons. The summed E-state index contributed by atoms with van der Waals surface area (Å²) in [5.41, 5.74) is 0.885. The average Bonchev–Trinajstić information content (AvgIpc) is 2.44. The summed E-state index contributed by atoms with van der Waals surface area (Å²) in [5.74, 6) is 0. The number of aliphatic hydroxyl groups excluding tert-OH is 2. The lowest BCUT2D eigenvalue weighted by Crippen LogP contribution is -2.21. The number of aliphatic hydroxyl groups is 2. The summed E-state index contributed by atoms with van der Waals surface area (Å²) in [6, 6.07) is 11.0. The van der Waals surface area contributed by atoms with Gasteiger partial charge in [-0.25, -0.2) is 0 Å². The van der Waals surface area contributed by atoms with Crippen LogP contribution in [0.3, 0.4) is 0 Å². The number of rotatable bonds is 4. The lowest BCUT2D eigenvalue weighted by molar-refractivity contribution is 0.0348. The Balaban J connectivity index is 2.68. The molecule has 0 aliphatic rings. The summed E-state index contributed by atoms with van der Waals surface area (Å²) in [6.45, 7) is 0. The van der Waals surface area contributed by atoms with Gasteiger partial charge in [0.25, 0.3) is 0 Å². The van der Waals surface area contributed by atoms with Crippen LogP contribution in [0, 0.1) is 0 Å². The fraction of sp³-hybridized carbons (Fsp3) is 0.214. The van der Waals surface area contributed by atoms with Crippen molar-refractivity contribution < 1.29 is 15.0 Å². The molecule has 0 aromatic heterocycles. The quantitative estimate of drug-likeness (QED) is 0.674. The van der Waals surface area contributed by atoms with E-state index in [4.69, 9.17) is 0 Å². The molecule has 2 aromatic rings. The van der Waals surface area contributed by atoms with Gasteiger partial charge in [-0.2, -0.15) is 0 Å². The lowest BCUT2D eigenvalue weighted by atomic mass is 9.93. The van der Waals surface area contributed by atoms with E-state index in [0.717, 1.165) is 10.8 Å². The smallest absolute Gasteiger partial charge is 0.150 e. The van der Waals surface area contributed by atoms with E-state index in [1.54, 1.807) is 6.07 Å². The van der Waals surface area contributed by atoms with E-state index in [1.165, 1.54) is 0 Å². The van der Waals surface area contributed by atoms with Crippen LogP contribution in [0.4, 0.5) is 0 Å². The summed E-state index contributed by atoms with van der Waals surface area (Å²) in [5, 5.41) is 21.9. The Morgan fingerprint density at radius 1 is 1.17 bits per heavy atom. The highest BCUT2D eigenvalue weighted by Gasteiger charge is 2.22. The minimum atomic E-state index is -1.09. The van der Waals surface area contributed by atoms with Crippen LogP contribution < -0.4 is 0 Å². The normalized spacial score (nSPS) is 14.4.